The predicted molar refractivity (Wildman–Crippen MR) is 145 cm³/mol. The molecule has 38 heavy (non-hydrogen) atoms. The van der Waals surface area contributed by atoms with Gasteiger partial charge in [-0.05, 0) is 53.2 Å². The van der Waals surface area contributed by atoms with Crippen LogP contribution >= 0.6 is 23.4 Å². The molecule has 2 aromatic rings. The number of alkyl halides is 3. The summed E-state index contributed by atoms with van der Waals surface area (Å²) in [6, 6.07) is 8.11. The number of nitrogen functional groups attached to an aromatic ring is 1. The highest BCUT2D eigenvalue weighted by Gasteiger charge is 2.34. The molecule has 2 amide bonds. The van der Waals surface area contributed by atoms with Crippen LogP contribution in [0.2, 0.25) is 5.02 Å². The number of hydrogen-bond donors (Lipinski definition) is 3. The number of imide groups is 1. The van der Waals surface area contributed by atoms with Crippen molar-refractivity contribution in [2.75, 3.05) is 44.1 Å². The molecule has 0 saturated carbocycles. The fourth-order valence-electron chi connectivity index (χ4n) is 3.36. The van der Waals surface area contributed by atoms with Gasteiger partial charge >= 0.3 is 6.18 Å². The van der Waals surface area contributed by atoms with Crippen molar-refractivity contribution >= 4 is 52.0 Å². The molecule has 5 N–H and O–H groups in total. The Kier molecular flexibility index (Phi) is 11.5. The summed E-state index contributed by atoms with van der Waals surface area (Å²) < 4.78 is 44.9. The van der Waals surface area contributed by atoms with Crippen LogP contribution in [0.5, 0.6) is 0 Å². The number of morpholine rings is 1. The Morgan fingerprint density at radius 1 is 1.18 bits per heavy atom. The Morgan fingerprint density at radius 2 is 1.84 bits per heavy atom. The molecular weight excluding hydrogens is 543 g/mol. The molecule has 2 heterocycles. The molecule has 2 saturated heterocycles. The fraction of sp³-hybridized carbons (Fsp3) is 0.280. The number of nitrogens with one attached hydrogen (secondary N) is 1. The topological polar surface area (TPSA) is 114 Å². The number of likely N-dealkylation sites (N-methyl/N-ethyl adjacent to an activating group) is 1. The van der Waals surface area contributed by atoms with Gasteiger partial charge in [-0.25, -0.2) is 5.84 Å². The van der Waals surface area contributed by atoms with Gasteiger partial charge in [0.2, 0.25) is 0 Å². The number of terminal acetylenes is 1. The van der Waals surface area contributed by atoms with Gasteiger partial charge in [-0.1, -0.05) is 23.7 Å². The van der Waals surface area contributed by atoms with E-state index in [2.05, 4.69) is 18.2 Å². The van der Waals surface area contributed by atoms with Crippen molar-refractivity contribution in [3.8, 4) is 12.8 Å². The molecule has 4 rings (SSSR count). The van der Waals surface area contributed by atoms with Gasteiger partial charge in [-0.15, -0.1) is 12.8 Å². The number of carbonyl (C=O) groups is 2. The van der Waals surface area contributed by atoms with Crippen LogP contribution in [0, 0.1) is 12.8 Å². The number of carbonyl (C=O) groups excluding carboxylic acids is 2. The number of thioether (sulfide) groups is 1. The number of amides is 2. The second kappa shape index (κ2) is 14.1. The highest BCUT2D eigenvalue weighted by molar-refractivity contribution is 8.18. The Balaban J connectivity index is 0.000000548. The lowest BCUT2D eigenvalue weighted by molar-refractivity contribution is -0.138. The van der Waals surface area contributed by atoms with Gasteiger partial charge < -0.3 is 20.8 Å². The van der Waals surface area contributed by atoms with Crippen LogP contribution in [0.15, 0.2) is 41.3 Å². The number of nitrogens with zero attached hydrogens (tertiary/aromatic N) is 2. The minimum atomic E-state index is -4.58. The number of ether oxygens (including phenoxy) is 1. The molecule has 0 bridgehead atoms. The third-order valence-electron chi connectivity index (χ3n) is 5.21. The zero-order chi connectivity index (χ0) is 28.5. The van der Waals surface area contributed by atoms with E-state index in [1.54, 1.807) is 6.07 Å². The lowest BCUT2D eigenvalue weighted by atomic mass is 10.1. The summed E-state index contributed by atoms with van der Waals surface area (Å²) in [4.78, 5) is 24.8. The Labute approximate surface area is 228 Å². The van der Waals surface area contributed by atoms with Crippen LogP contribution < -0.4 is 21.9 Å². The van der Waals surface area contributed by atoms with E-state index in [0.717, 1.165) is 54.0 Å². The van der Waals surface area contributed by atoms with E-state index in [-0.39, 0.29) is 33.0 Å². The first-order valence-electron chi connectivity index (χ1n) is 11.1. The van der Waals surface area contributed by atoms with Crippen molar-refractivity contribution in [3.05, 3.63) is 63.0 Å². The molecule has 0 radical (unpaired) electrons. The zero-order valence-electron chi connectivity index (χ0n) is 20.4. The second-order valence-electron chi connectivity index (χ2n) is 7.85. The predicted octanol–water partition coefficient (Wildman–Crippen LogP) is 4.34. The first kappa shape index (κ1) is 31.0. The van der Waals surface area contributed by atoms with E-state index in [1.807, 2.05) is 0 Å². The van der Waals surface area contributed by atoms with Gasteiger partial charge in [-0.2, -0.15) is 13.2 Å². The summed E-state index contributed by atoms with van der Waals surface area (Å²) in [5, 5.41) is 3.84. The molecule has 204 valence electrons. The van der Waals surface area contributed by atoms with Crippen LogP contribution in [0.1, 0.15) is 16.7 Å². The third kappa shape index (κ3) is 8.41. The van der Waals surface area contributed by atoms with Crippen molar-refractivity contribution in [2.45, 2.75) is 12.7 Å². The third-order valence-corrected chi connectivity index (χ3v) is 6.41. The van der Waals surface area contributed by atoms with E-state index in [0.29, 0.717) is 11.3 Å². The Morgan fingerprint density at radius 3 is 2.32 bits per heavy atom. The van der Waals surface area contributed by atoms with Crippen molar-refractivity contribution in [2.24, 2.45) is 5.84 Å². The van der Waals surface area contributed by atoms with Crippen molar-refractivity contribution in [1.29, 1.82) is 0 Å². The monoisotopic (exact) mass is 569 g/mol. The van der Waals surface area contributed by atoms with Gasteiger partial charge in [0.25, 0.3) is 11.1 Å². The summed E-state index contributed by atoms with van der Waals surface area (Å²) in [6.45, 7) is 3.57. The van der Waals surface area contributed by atoms with Gasteiger partial charge in [0.1, 0.15) is 0 Å². The maximum Gasteiger partial charge on any atom is 0.416 e. The van der Waals surface area contributed by atoms with E-state index in [4.69, 9.17) is 27.9 Å². The molecule has 2 fully saturated rings. The molecular formula is C25H27ClF3N5O3S. The quantitative estimate of drug-likeness (QED) is 0.164. The number of halogens is 4. The number of benzene rings is 2. The average Bonchev–Trinajstić information content (AvgIpc) is 3.13. The normalized spacial score (nSPS) is 16.4. The van der Waals surface area contributed by atoms with Gasteiger partial charge in [0.15, 0.2) is 0 Å². The lowest BCUT2D eigenvalue weighted by Crippen LogP contribution is -2.31. The number of hydrazine groups is 1. The van der Waals surface area contributed by atoms with E-state index < -0.39 is 17.6 Å². The van der Waals surface area contributed by atoms with Gasteiger partial charge in [0, 0.05) is 25.2 Å². The molecule has 8 nitrogen and oxygen atoms in total. The summed E-state index contributed by atoms with van der Waals surface area (Å²) >= 11 is 6.50. The summed E-state index contributed by atoms with van der Waals surface area (Å²) in [6.07, 6.45) is 4.93. The first-order valence-corrected chi connectivity index (χ1v) is 12.3. The fourth-order valence-corrected chi connectivity index (χ4v) is 4.36. The standard InChI is InChI=1S/C19H16ClF3N4O2S.C4H9NO.C2H2/c1-26-17(28)16(30-18(26)29)7-10-2-5-15(14(24)6-10)27(25)9-11-3-4-12(20)8-13(11)19(21,22)23;1-3-6-4-2-5-1;1-2/h2-8H,9,24-25H2,1H3;5H,1-4H2;1-2H/b16-7-;;. The number of anilines is 2. The maximum atomic E-state index is 13.3. The van der Waals surface area contributed by atoms with Crippen LogP contribution in [-0.4, -0.2) is 49.4 Å². The van der Waals surface area contributed by atoms with E-state index in [1.165, 1.54) is 37.4 Å². The zero-order valence-corrected chi connectivity index (χ0v) is 22.0. The number of nitrogens with two attached hydrogens (primary N) is 2. The van der Waals surface area contributed by atoms with Crippen LogP contribution in [-0.2, 0) is 22.3 Å². The molecule has 13 heteroatoms. The summed E-state index contributed by atoms with van der Waals surface area (Å²) in [5.74, 6) is 5.56. The van der Waals surface area contributed by atoms with Crippen LogP contribution in [0.25, 0.3) is 6.08 Å². The van der Waals surface area contributed by atoms with Gasteiger partial charge in [-0.3, -0.25) is 14.5 Å². The SMILES string of the molecule is C#C.C1COCCN1.CN1C(=O)S/C(=C\c2ccc(N(N)Cc3ccc(Cl)cc3C(F)(F)F)c(N)c2)C1=O. The molecule has 0 aliphatic carbocycles. The smallest absolute Gasteiger partial charge is 0.397 e. The average molecular weight is 570 g/mol. The van der Waals surface area contributed by atoms with Crippen LogP contribution in [0.4, 0.5) is 29.3 Å². The lowest BCUT2D eigenvalue weighted by Gasteiger charge is -2.23. The molecule has 0 atom stereocenters. The minimum absolute atomic E-state index is 0.0324. The van der Waals surface area contributed by atoms with E-state index in [9.17, 15) is 22.8 Å². The molecule has 0 aromatic heterocycles. The van der Waals surface area contributed by atoms with Crippen molar-refractivity contribution < 1.29 is 27.5 Å². The van der Waals surface area contributed by atoms with Crippen molar-refractivity contribution in [1.82, 2.24) is 10.2 Å². The largest absolute Gasteiger partial charge is 0.416 e. The van der Waals surface area contributed by atoms with Gasteiger partial charge in [0.05, 0.1) is 41.6 Å². The molecule has 2 aliphatic heterocycles. The Bertz CT molecular complexity index is 1190. The van der Waals surface area contributed by atoms with Crippen molar-refractivity contribution in [3.63, 3.8) is 0 Å². The number of rotatable bonds is 4. The molecule has 0 spiro atoms. The first-order chi connectivity index (χ1) is 18.0. The van der Waals surface area contributed by atoms with Crippen LogP contribution in [0.3, 0.4) is 0 Å². The van der Waals surface area contributed by atoms with E-state index >= 15 is 0 Å². The molecule has 0 unspecified atom stereocenters. The molecule has 2 aliphatic rings. The summed E-state index contributed by atoms with van der Waals surface area (Å²) in [7, 11) is 1.38. The second-order valence-corrected chi connectivity index (χ2v) is 9.28. The minimum Gasteiger partial charge on any atom is -0.397 e. The Hall–Kier alpha value is -3.21. The number of hydrogen-bond acceptors (Lipinski definition) is 8. The highest BCUT2D eigenvalue weighted by atomic mass is 35.5. The maximum absolute atomic E-state index is 13.3. The molecule has 2 aromatic carbocycles. The summed E-state index contributed by atoms with van der Waals surface area (Å²) in [5.41, 5.74) is 6.14. The highest BCUT2D eigenvalue weighted by Crippen LogP contribution is 2.36.